The Labute approximate surface area is 207 Å². The second kappa shape index (κ2) is 10.1. The van der Waals surface area contributed by atoms with E-state index < -0.39 is 0 Å². The lowest BCUT2D eigenvalue weighted by Crippen LogP contribution is -2.25. The van der Waals surface area contributed by atoms with Crippen molar-refractivity contribution >= 4 is 28.4 Å². The first-order valence-corrected chi connectivity index (χ1v) is 12.2. The van der Waals surface area contributed by atoms with Crippen LogP contribution in [-0.4, -0.2) is 20.7 Å². The summed E-state index contributed by atoms with van der Waals surface area (Å²) in [6.07, 6.45) is 0. The van der Waals surface area contributed by atoms with Crippen LogP contribution in [-0.2, 0) is 12.3 Å². The molecule has 1 amide bonds. The number of hydrogen-bond acceptors (Lipinski definition) is 4. The predicted molar refractivity (Wildman–Crippen MR) is 137 cm³/mol. The van der Waals surface area contributed by atoms with Gasteiger partial charge in [-0.1, -0.05) is 78.0 Å². The van der Waals surface area contributed by atoms with Crippen molar-refractivity contribution in [1.82, 2.24) is 20.1 Å². The minimum atomic E-state index is -0.259. The summed E-state index contributed by atoms with van der Waals surface area (Å²) in [5.41, 5.74) is 3.67. The van der Waals surface area contributed by atoms with Gasteiger partial charge in [0.05, 0.1) is 6.54 Å². The summed E-state index contributed by atoms with van der Waals surface area (Å²) in [6, 6.07) is 28.0. The molecule has 5 rings (SSSR count). The number of benzene rings is 4. The number of nitrogens with zero attached hydrogens (tertiary/aromatic N) is 3. The lowest BCUT2D eigenvalue weighted by atomic mass is 10.0. The highest BCUT2D eigenvalue weighted by molar-refractivity contribution is 7.98. The molecule has 4 aromatic carbocycles. The van der Waals surface area contributed by atoms with Gasteiger partial charge in [0.2, 0.25) is 0 Å². The van der Waals surface area contributed by atoms with Crippen LogP contribution >= 0.6 is 11.8 Å². The second-order valence-electron chi connectivity index (χ2n) is 8.19. The van der Waals surface area contributed by atoms with Crippen LogP contribution in [0.3, 0.4) is 0 Å². The van der Waals surface area contributed by atoms with Crippen LogP contribution in [0.2, 0.25) is 0 Å². The molecule has 1 heterocycles. The Morgan fingerprint density at radius 2 is 1.66 bits per heavy atom. The molecule has 1 N–H and O–H groups in total. The molecule has 5 nitrogen and oxygen atoms in total. The fourth-order valence-corrected chi connectivity index (χ4v) is 4.79. The van der Waals surface area contributed by atoms with Gasteiger partial charge >= 0.3 is 0 Å². The van der Waals surface area contributed by atoms with Gasteiger partial charge in [0.15, 0.2) is 11.0 Å². The number of amides is 1. The lowest BCUT2D eigenvalue weighted by Gasteiger charge is -2.12. The van der Waals surface area contributed by atoms with E-state index in [4.69, 9.17) is 0 Å². The van der Waals surface area contributed by atoms with Crippen molar-refractivity contribution < 1.29 is 9.18 Å². The molecule has 0 aliphatic heterocycles. The van der Waals surface area contributed by atoms with Crippen LogP contribution in [0.25, 0.3) is 16.5 Å². The molecular formula is C28H23FN4OS. The molecule has 174 valence electrons. The summed E-state index contributed by atoms with van der Waals surface area (Å²) < 4.78 is 15.2. The van der Waals surface area contributed by atoms with Crippen molar-refractivity contribution in [2.75, 3.05) is 0 Å². The Morgan fingerprint density at radius 1 is 0.914 bits per heavy atom. The maximum atomic E-state index is 13.3. The number of carbonyl (C=O) groups excluding carboxylic acids is 1. The number of halogens is 1. The van der Waals surface area contributed by atoms with Crippen molar-refractivity contribution in [2.45, 2.75) is 24.4 Å². The fourth-order valence-electron chi connectivity index (χ4n) is 3.87. The summed E-state index contributed by atoms with van der Waals surface area (Å²) >= 11 is 1.51. The van der Waals surface area contributed by atoms with E-state index in [0.29, 0.717) is 22.3 Å². The number of hydrogen-bond donors (Lipinski definition) is 1. The van der Waals surface area contributed by atoms with Crippen LogP contribution in [0.5, 0.6) is 0 Å². The zero-order valence-corrected chi connectivity index (χ0v) is 19.9. The molecule has 0 atom stereocenters. The van der Waals surface area contributed by atoms with Crippen LogP contribution in [0.15, 0.2) is 96.2 Å². The fraction of sp³-hybridized carbons (Fsp3) is 0.107. The highest BCUT2D eigenvalue weighted by Gasteiger charge is 2.17. The Morgan fingerprint density at radius 3 is 2.46 bits per heavy atom. The third-order valence-corrected chi connectivity index (χ3v) is 6.72. The van der Waals surface area contributed by atoms with Crippen molar-refractivity contribution in [1.29, 1.82) is 0 Å². The zero-order valence-electron chi connectivity index (χ0n) is 19.1. The molecule has 0 saturated heterocycles. The number of fused-ring (bicyclic) bond motifs is 1. The Balaban J connectivity index is 1.40. The maximum absolute atomic E-state index is 13.3. The average Bonchev–Trinajstić information content (AvgIpc) is 3.29. The van der Waals surface area contributed by atoms with Gasteiger partial charge in [0.25, 0.3) is 5.91 Å². The molecule has 0 aliphatic rings. The number of nitrogens with one attached hydrogen (secondary N) is 1. The van der Waals surface area contributed by atoms with Gasteiger partial charge in [-0.25, -0.2) is 4.39 Å². The van der Waals surface area contributed by atoms with Gasteiger partial charge in [-0.2, -0.15) is 0 Å². The molecule has 0 fully saturated rings. The highest BCUT2D eigenvalue weighted by Crippen LogP contribution is 2.26. The first kappa shape index (κ1) is 22.8. The van der Waals surface area contributed by atoms with Crippen LogP contribution in [0.1, 0.15) is 27.3 Å². The van der Waals surface area contributed by atoms with E-state index in [0.717, 1.165) is 27.6 Å². The van der Waals surface area contributed by atoms with Gasteiger partial charge in [-0.3, -0.25) is 9.36 Å². The van der Waals surface area contributed by atoms with E-state index >= 15 is 0 Å². The largest absolute Gasteiger partial charge is 0.345 e. The molecule has 0 bridgehead atoms. The molecular weight excluding hydrogens is 459 g/mol. The third-order valence-electron chi connectivity index (χ3n) is 5.72. The zero-order chi connectivity index (χ0) is 24.2. The van der Waals surface area contributed by atoms with Crippen molar-refractivity contribution in [2.24, 2.45) is 0 Å². The number of rotatable bonds is 7. The highest BCUT2D eigenvalue weighted by atomic mass is 32.2. The standard InChI is InChI=1S/C28H23FN4OS/c1-19-9-15-23(16-10-19)33-26(31-32-28(33)35-18-20-11-13-22(29)14-12-20)17-30-27(34)25-8-4-6-21-5-2-3-7-24(21)25/h2-16H,17-18H2,1H3,(H,30,34). The quantitative estimate of drug-likeness (QED) is 0.285. The van der Waals surface area contributed by atoms with Crippen LogP contribution in [0, 0.1) is 12.7 Å². The van der Waals surface area contributed by atoms with E-state index in [1.165, 1.54) is 23.9 Å². The average molecular weight is 483 g/mol. The lowest BCUT2D eigenvalue weighted by molar-refractivity contribution is 0.0951. The summed E-state index contributed by atoms with van der Waals surface area (Å²) in [4.78, 5) is 13.1. The molecule has 1 aromatic heterocycles. The van der Waals surface area contributed by atoms with Gasteiger partial charge < -0.3 is 5.32 Å². The molecule has 0 aliphatic carbocycles. The van der Waals surface area contributed by atoms with Gasteiger partial charge in [-0.05, 0) is 53.6 Å². The summed E-state index contributed by atoms with van der Waals surface area (Å²) in [5, 5.41) is 14.4. The first-order valence-electron chi connectivity index (χ1n) is 11.2. The monoisotopic (exact) mass is 482 g/mol. The summed E-state index contributed by atoms with van der Waals surface area (Å²) in [5.74, 6) is 0.822. The first-order chi connectivity index (χ1) is 17.1. The predicted octanol–water partition coefficient (Wildman–Crippen LogP) is 6.09. The molecule has 35 heavy (non-hydrogen) atoms. The number of thioether (sulfide) groups is 1. The minimum Gasteiger partial charge on any atom is -0.345 e. The van der Waals surface area contributed by atoms with Gasteiger partial charge in [0.1, 0.15) is 5.82 Å². The molecule has 0 spiro atoms. The van der Waals surface area contributed by atoms with Crippen molar-refractivity contribution in [3.05, 3.63) is 119 Å². The summed E-state index contributed by atoms with van der Waals surface area (Å²) in [7, 11) is 0. The SMILES string of the molecule is Cc1ccc(-n2c(CNC(=O)c3cccc4ccccc34)nnc2SCc2ccc(F)cc2)cc1. The van der Waals surface area contributed by atoms with E-state index in [9.17, 15) is 9.18 Å². The Kier molecular flexibility index (Phi) is 6.59. The number of carbonyl (C=O) groups is 1. The van der Waals surface area contributed by atoms with E-state index in [-0.39, 0.29) is 18.3 Å². The molecule has 5 aromatic rings. The Bertz CT molecular complexity index is 1470. The van der Waals surface area contributed by atoms with Crippen molar-refractivity contribution in [3.63, 3.8) is 0 Å². The molecule has 0 unspecified atom stereocenters. The molecule has 7 heteroatoms. The topological polar surface area (TPSA) is 59.8 Å². The Hall–Kier alpha value is -3.97. The third kappa shape index (κ3) is 5.10. The number of aryl methyl sites for hydroxylation is 1. The maximum Gasteiger partial charge on any atom is 0.252 e. The van der Waals surface area contributed by atoms with Gasteiger partial charge in [-0.15, -0.1) is 10.2 Å². The van der Waals surface area contributed by atoms with E-state index in [1.807, 2.05) is 78.2 Å². The number of aromatic nitrogens is 3. The summed E-state index contributed by atoms with van der Waals surface area (Å²) in [6.45, 7) is 2.26. The smallest absolute Gasteiger partial charge is 0.252 e. The van der Waals surface area contributed by atoms with E-state index in [1.54, 1.807) is 12.1 Å². The normalized spacial score (nSPS) is 11.0. The minimum absolute atomic E-state index is 0.166. The van der Waals surface area contributed by atoms with Crippen LogP contribution < -0.4 is 5.32 Å². The van der Waals surface area contributed by atoms with E-state index in [2.05, 4.69) is 15.5 Å². The second-order valence-corrected chi connectivity index (χ2v) is 9.14. The van der Waals surface area contributed by atoms with Crippen LogP contribution in [0.4, 0.5) is 4.39 Å². The van der Waals surface area contributed by atoms with Gasteiger partial charge in [0, 0.05) is 17.0 Å². The molecule has 0 radical (unpaired) electrons. The molecule has 0 saturated carbocycles. The van der Waals surface area contributed by atoms with Crippen molar-refractivity contribution in [3.8, 4) is 5.69 Å².